The number of hydrogen-bond donors (Lipinski definition) is 3. The largest absolute Gasteiger partial charge is 0.382 e. The predicted octanol–water partition coefficient (Wildman–Crippen LogP) is 2.45. The Morgan fingerprint density at radius 2 is 1.76 bits per heavy atom. The summed E-state index contributed by atoms with van der Waals surface area (Å²) in [5.41, 5.74) is 1.40. The highest BCUT2D eigenvalue weighted by Gasteiger charge is 2.36. The molecule has 0 bridgehead atoms. The van der Waals surface area contributed by atoms with Gasteiger partial charge in [-0.2, -0.15) is 0 Å². The van der Waals surface area contributed by atoms with E-state index in [1.165, 1.54) is 6.42 Å². The Labute approximate surface area is 122 Å². The van der Waals surface area contributed by atoms with E-state index in [2.05, 4.69) is 36.1 Å². The summed E-state index contributed by atoms with van der Waals surface area (Å²) in [6.45, 7) is 6.87. The van der Waals surface area contributed by atoms with Gasteiger partial charge in [0, 0.05) is 11.7 Å². The first kappa shape index (κ1) is 13.9. The summed E-state index contributed by atoms with van der Waals surface area (Å²) >= 11 is 0. The van der Waals surface area contributed by atoms with Crippen molar-refractivity contribution in [1.29, 1.82) is 0 Å². The van der Waals surface area contributed by atoms with Crippen LogP contribution in [0.25, 0.3) is 11.0 Å². The van der Waals surface area contributed by atoms with Crippen LogP contribution in [-0.2, 0) is 0 Å². The fourth-order valence-electron chi connectivity index (χ4n) is 3.51. The van der Waals surface area contributed by atoms with Gasteiger partial charge in [0.05, 0.1) is 11.0 Å². The van der Waals surface area contributed by atoms with Crippen molar-refractivity contribution in [2.75, 3.05) is 5.32 Å². The van der Waals surface area contributed by atoms with Gasteiger partial charge in [-0.1, -0.05) is 20.8 Å². The zero-order chi connectivity index (χ0) is 15.2. The lowest BCUT2D eigenvalue weighted by Crippen LogP contribution is -2.29. The van der Waals surface area contributed by atoms with Gasteiger partial charge in [0.2, 0.25) is 0 Å². The predicted molar refractivity (Wildman–Crippen MR) is 84.8 cm³/mol. The van der Waals surface area contributed by atoms with E-state index in [-0.39, 0.29) is 0 Å². The second kappa shape index (κ2) is 4.76. The number of benzene rings is 1. The van der Waals surface area contributed by atoms with Crippen molar-refractivity contribution in [2.24, 2.45) is 11.3 Å². The van der Waals surface area contributed by atoms with Crippen LogP contribution < -0.4 is 16.4 Å². The Balaban J connectivity index is 1.90. The van der Waals surface area contributed by atoms with Crippen LogP contribution in [0.15, 0.2) is 27.8 Å². The molecule has 0 spiro atoms. The summed E-state index contributed by atoms with van der Waals surface area (Å²) in [5, 5.41) is 3.56. The highest BCUT2D eigenvalue weighted by Crippen LogP contribution is 2.42. The number of hydrogen-bond acceptors (Lipinski definition) is 3. The van der Waals surface area contributed by atoms with Gasteiger partial charge in [0.25, 0.3) is 0 Å². The molecular formula is C16H21N3O2. The standard InChI is InChI=1S/C16H21N3O2/c1-9-7-16(2,3)8-13(9)17-10-4-5-11-12(6-10)19-15(21)14(20)18-11/h4-6,9,13,17H,7-8H2,1-3H3,(H,18,20)(H,19,21). The van der Waals surface area contributed by atoms with Crippen LogP contribution >= 0.6 is 0 Å². The molecule has 1 heterocycles. The molecule has 0 saturated heterocycles. The molecule has 0 amide bonds. The normalized spacial score (nSPS) is 24.3. The molecule has 21 heavy (non-hydrogen) atoms. The van der Waals surface area contributed by atoms with Gasteiger partial charge < -0.3 is 15.3 Å². The first-order valence-electron chi connectivity index (χ1n) is 7.37. The first-order valence-corrected chi connectivity index (χ1v) is 7.37. The smallest absolute Gasteiger partial charge is 0.314 e. The zero-order valence-corrected chi connectivity index (χ0v) is 12.6. The van der Waals surface area contributed by atoms with Crippen molar-refractivity contribution >= 4 is 16.7 Å². The SMILES string of the molecule is CC1CC(C)(C)CC1Nc1ccc2[nH]c(=O)c(=O)[nH]c2c1. The molecule has 3 rings (SSSR count). The second-order valence-corrected chi connectivity index (χ2v) is 6.97. The molecule has 2 atom stereocenters. The molecule has 3 N–H and O–H groups in total. The van der Waals surface area contributed by atoms with Crippen molar-refractivity contribution in [1.82, 2.24) is 9.97 Å². The van der Waals surface area contributed by atoms with Gasteiger partial charge in [-0.05, 0) is 42.4 Å². The minimum atomic E-state index is -0.616. The Hall–Kier alpha value is -2.04. The molecular weight excluding hydrogens is 266 g/mol. The Bertz CT molecular complexity index is 788. The van der Waals surface area contributed by atoms with Crippen LogP contribution in [-0.4, -0.2) is 16.0 Å². The van der Waals surface area contributed by atoms with Gasteiger partial charge in [-0.15, -0.1) is 0 Å². The van der Waals surface area contributed by atoms with Crippen molar-refractivity contribution in [3.8, 4) is 0 Å². The minimum Gasteiger partial charge on any atom is -0.382 e. The molecule has 0 radical (unpaired) electrons. The monoisotopic (exact) mass is 287 g/mol. The van der Waals surface area contributed by atoms with Gasteiger partial charge >= 0.3 is 11.1 Å². The van der Waals surface area contributed by atoms with E-state index >= 15 is 0 Å². The minimum absolute atomic E-state index is 0.369. The third-order valence-electron chi connectivity index (χ3n) is 4.41. The summed E-state index contributed by atoms with van der Waals surface area (Å²) in [7, 11) is 0. The summed E-state index contributed by atoms with van der Waals surface area (Å²) in [6.07, 6.45) is 2.34. The maximum atomic E-state index is 11.4. The molecule has 1 fully saturated rings. The van der Waals surface area contributed by atoms with Crippen molar-refractivity contribution in [3.63, 3.8) is 0 Å². The molecule has 1 aliphatic rings. The Kier molecular flexibility index (Phi) is 3.15. The number of rotatable bonds is 2. The van der Waals surface area contributed by atoms with E-state index in [1.807, 2.05) is 18.2 Å². The van der Waals surface area contributed by atoms with Crippen LogP contribution in [0.4, 0.5) is 5.69 Å². The first-order chi connectivity index (χ1) is 9.84. The van der Waals surface area contributed by atoms with E-state index in [1.54, 1.807) is 0 Å². The molecule has 1 aromatic heterocycles. The van der Waals surface area contributed by atoms with Crippen molar-refractivity contribution in [2.45, 2.75) is 39.7 Å². The lowest BCUT2D eigenvalue weighted by Gasteiger charge is -2.20. The van der Waals surface area contributed by atoms with E-state index in [0.717, 1.165) is 12.1 Å². The molecule has 5 nitrogen and oxygen atoms in total. The number of nitrogens with one attached hydrogen (secondary N) is 3. The molecule has 1 aliphatic carbocycles. The van der Waals surface area contributed by atoms with Gasteiger partial charge in [-0.25, -0.2) is 0 Å². The number of aromatic amines is 2. The van der Waals surface area contributed by atoms with E-state index in [4.69, 9.17) is 0 Å². The molecule has 1 aromatic carbocycles. The maximum absolute atomic E-state index is 11.4. The van der Waals surface area contributed by atoms with E-state index < -0.39 is 11.1 Å². The lowest BCUT2D eigenvalue weighted by atomic mass is 9.91. The Morgan fingerprint density at radius 3 is 2.38 bits per heavy atom. The number of anilines is 1. The van der Waals surface area contributed by atoms with E-state index in [9.17, 15) is 9.59 Å². The Morgan fingerprint density at radius 1 is 1.10 bits per heavy atom. The van der Waals surface area contributed by atoms with Gasteiger partial charge in [0.15, 0.2) is 0 Å². The van der Waals surface area contributed by atoms with Crippen molar-refractivity contribution < 1.29 is 0 Å². The molecule has 112 valence electrons. The van der Waals surface area contributed by atoms with E-state index in [0.29, 0.717) is 28.4 Å². The van der Waals surface area contributed by atoms with Crippen LogP contribution in [0, 0.1) is 11.3 Å². The third-order valence-corrected chi connectivity index (χ3v) is 4.41. The molecule has 2 aromatic rings. The highest BCUT2D eigenvalue weighted by molar-refractivity contribution is 5.78. The molecule has 5 heteroatoms. The average Bonchev–Trinajstić information content (AvgIpc) is 2.64. The topological polar surface area (TPSA) is 77.8 Å². The molecule has 1 saturated carbocycles. The quantitative estimate of drug-likeness (QED) is 0.742. The van der Waals surface area contributed by atoms with Crippen LogP contribution in [0.5, 0.6) is 0 Å². The van der Waals surface area contributed by atoms with Crippen LogP contribution in [0.2, 0.25) is 0 Å². The number of H-pyrrole nitrogens is 2. The van der Waals surface area contributed by atoms with Crippen molar-refractivity contribution in [3.05, 3.63) is 38.9 Å². The fraction of sp³-hybridized carbons (Fsp3) is 0.500. The van der Waals surface area contributed by atoms with Gasteiger partial charge in [-0.3, -0.25) is 9.59 Å². The van der Waals surface area contributed by atoms with Crippen LogP contribution in [0.1, 0.15) is 33.6 Å². The maximum Gasteiger partial charge on any atom is 0.314 e. The number of fused-ring (bicyclic) bond motifs is 1. The molecule has 2 unspecified atom stereocenters. The fourth-order valence-corrected chi connectivity index (χ4v) is 3.51. The third kappa shape index (κ3) is 2.73. The summed E-state index contributed by atoms with van der Waals surface area (Å²) in [4.78, 5) is 27.9. The second-order valence-electron chi connectivity index (χ2n) is 6.97. The van der Waals surface area contributed by atoms with Gasteiger partial charge in [0.1, 0.15) is 0 Å². The summed E-state index contributed by atoms with van der Waals surface area (Å²) < 4.78 is 0. The summed E-state index contributed by atoms with van der Waals surface area (Å²) in [6, 6.07) is 6.07. The number of aromatic nitrogens is 2. The lowest BCUT2D eigenvalue weighted by molar-refractivity contribution is 0.366. The molecule has 0 aliphatic heterocycles. The highest BCUT2D eigenvalue weighted by atomic mass is 16.2. The zero-order valence-electron chi connectivity index (χ0n) is 12.6. The van der Waals surface area contributed by atoms with Crippen LogP contribution in [0.3, 0.4) is 0 Å². The summed E-state index contributed by atoms with van der Waals surface area (Å²) in [5.74, 6) is 0.616. The average molecular weight is 287 g/mol.